The molecule has 6 heteroatoms. The molecule has 0 aromatic heterocycles. The van der Waals surface area contributed by atoms with E-state index in [0.29, 0.717) is 23.0 Å². The summed E-state index contributed by atoms with van der Waals surface area (Å²) in [5, 5.41) is 11.6. The molecule has 0 radical (unpaired) electrons. The summed E-state index contributed by atoms with van der Waals surface area (Å²) in [7, 11) is 0. The molecule has 1 rings (SSSR count). The number of carbonyl (C=O) groups is 2. The fourth-order valence-electron chi connectivity index (χ4n) is 1.35. The van der Waals surface area contributed by atoms with Gasteiger partial charge in [0.2, 0.25) is 5.91 Å². The zero-order valence-corrected chi connectivity index (χ0v) is 11.5. The standard InChI is InChI=1S/C12H15BrN2O3/c1-7(14)2-5-11(16)15-8-3-4-10(13)9(6-8)12(17)18/h3-4,6-7H,2,5,14H2,1H3,(H,15,16)(H,17,18). The third-order valence-electron chi connectivity index (χ3n) is 2.31. The Balaban J connectivity index is 2.70. The minimum Gasteiger partial charge on any atom is -0.478 e. The summed E-state index contributed by atoms with van der Waals surface area (Å²) in [5.41, 5.74) is 6.13. The number of benzene rings is 1. The van der Waals surface area contributed by atoms with Gasteiger partial charge in [-0.1, -0.05) is 0 Å². The van der Waals surface area contributed by atoms with Crippen molar-refractivity contribution in [2.45, 2.75) is 25.8 Å². The molecule has 98 valence electrons. The monoisotopic (exact) mass is 314 g/mol. The van der Waals surface area contributed by atoms with E-state index >= 15 is 0 Å². The zero-order chi connectivity index (χ0) is 13.7. The highest BCUT2D eigenvalue weighted by Gasteiger charge is 2.10. The van der Waals surface area contributed by atoms with Crippen LogP contribution in [-0.4, -0.2) is 23.0 Å². The zero-order valence-electron chi connectivity index (χ0n) is 9.94. The number of carbonyl (C=O) groups excluding carboxylic acids is 1. The molecule has 1 atom stereocenters. The first-order chi connectivity index (χ1) is 8.40. The minimum absolute atomic E-state index is 0.0322. The molecule has 0 aliphatic carbocycles. The molecule has 0 heterocycles. The fourth-order valence-corrected chi connectivity index (χ4v) is 1.77. The number of nitrogens with two attached hydrogens (primary N) is 1. The highest BCUT2D eigenvalue weighted by atomic mass is 79.9. The third-order valence-corrected chi connectivity index (χ3v) is 3.00. The summed E-state index contributed by atoms with van der Waals surface area (Å²) in [6.07, 6.45) is 0.907. The first-order valence-electron chi connectivity index (χ1n) is 5.48. The first kappa shape index (κ1) is 14.7. The van der Waals surface area contributed by atoms with E-state index in [4.69, 9.17) is 10.8 Å². The van der Waals surface area contributed by atoms with Gasteiger partial charge in [0.25, 0.3) is 0 Å². The average Bonchev–Trinajstić information content (AvgIpc) is 2.28. The van der Waals surface area contributed by atoms with Crippen molar-refractivity contribution < 1.29 is 14.7 Å². The van der Waals surface area contributed by atoms with Crippen LogP contribution in [0.1, 0.15) is 30.1 Å². The van der Waals surface area contributed by atoms with E-state index in [2.05, 4.69) is 21.2 Å². The summed E-state index contributed by atoms with van der Waals surface area (Å²) in [6, 6.07) is 4.61. The number of rotatable bonds is 5. The molecule has 0 saturated carbocycles. The Morgan fingerprint density at radius 3 is 2.72 bits per heavy atom. The maximum absolute atomic E-state index is 11.6. The lowest BCUT2D eigenvalue weighted by atomic mass is 10.1. The number of hydrogen-bond donors (Lipinski definition) is 3. The number of aromatic carboxylic acids is 1. The Kier molecular flexibility index (Phi) is 5.30. The lowest BCUT2D eigenvalue weighted by Crippen LogP contribution is -2.19. The van der Waals surface area contributed by atoms with Crippen molar-refractivity contribution in [2.75, 3.05) is 5.32 Å². The van der Waals surface area contributed by atoms with Crippen molar-refractivity contribution in [3.05, 3.63) is 28.2 Å². The van der Waals surface area contributed by atoms with Crippen LogP contribution in [0.25, 0.3) is 0 Å². The molecule has 1 amide bonds. The van der Waals surface area contributed by atoms with Gasteiger partial charge < -0.3 is 16.2 Å². The van der Waals surface area contributed by atoms with Crippen molar-refractivity contribution in [3.63, 3.8) is 0 Å². The van der Waals surface area contributed by atoms with Gasteiger partial charge in [-0.2, -0.15) is 0 Å². The maximum atomic E-state index is 11.6. The quantitative estimate of drug-likeness (QED) is 0.777. The van der Waals surface area contributed by atoms with E-state index in [-0.39, 0.29) is 17.5 Å². The molecule has 1 aromatic rings. The number of hydrogen-bond acceptors (Lipinski definition) is 3. The molecule has 0 bridgehead atoms. The second kappa shape index (κ2) is 6.51. The van der Waals surface area contributed by atoms with E-state index < -0.39 is 5.97 Å². The van der Waals surface area contributed by atoms with Gasteiger partial charge in [-0.05, 0) is 47.5 Å². The number of nitrogens with one attached hydrogen (secondary N) is 1. The lowest BCUT2D eigenvalue weighted by molar-refractivity contribution is -0.116. The van der Waals surface area contributed by atoms with Crippen molar-refractivity contribution in [1.82, 2.24) is 0 Å². The van der Waals surface area contributed by atoms with Gasteiger partial charge >= 0.3 is 5.97 Å². The van der Waals surface area contributed by atoms with Crippen molar-refractivity contribution in [1.29, 1.82) is 0 Å². The highest BCUT2D eigenvalue weighted by molar-refractivity contribution is 9.10. The number of carboxylic acid groups (broad SMARTS) is 1. The number of amides is 1. The topological polar surface area (TPSA) is 92.4 Å². The molecule has 5 nitrogen and oxygen atoms in total. The van der Waals surface area contributed by atoms with Crippen LogP contribution in [0.3, 0.4) is 0 Å². The molecule has 4 N–H and O–H groups in total. The van der Waals surface area contributed by atoms with Crippen LogP contribution in [0.4, 0.5) is 5.69 Å². The lowest BCUT2D eigenvalue weighted by Gasteiger charge is -2.08. The van der Waals surface area contributed by atoms with Crippen LogP contribution in [-0.2, 0) is 4.79 Å². The summed E-state index contributed by atoms with van der Waals surface area (Å²) < 4.78 is 0.476. The van der Waals surface area contributed by atoms with Gasteiger partial charge in [0, 0.05) is 22.6 Å². The Bertz CT molecular complexity index is 461. The predicted molar refractivity (Wildman–Crippen MR) is 72.6 cm³/mol. The van der Waals surface area contributed by atoms with E-state index in [9.17, 15) is 9.59 Å². The van der Waals surface area contributed by atoms with E-state index in [0.717, 1.165) is 0 Å². The van der Waals surface area contributed by atoms with Crippen molar-refractivity contribution in [3.8, 4) is 0 Å². The van der Waals surface area contributed by atoms with Crippen molar-refractivity contribution in [2.24, 2.45) is 5.73 Å². The molecule has 0 saturated heterocycles. The number of halogens is 1. The minimum atomic E-state index is -1.05. The van der Waals surface area contributed by atoms with Gasteiger partial charge in [-0.3, -0.25) is 4.79 Å². The van der Waals surface area contributed by atoms with Gasteiger partial charge in [0.05, 0.1) is 5.56 Å². The molecule has 0 spiro atoms. The summed E-state index contributed by atoms with van der Waals surface area (Å²) in [5.74, 6) is -1.22. The largest absolute Gasteiger partial charge is 0.478 e. The fraction of sp³-hybridized carbons (Fsp3) is 0.333. The predicted octanol–water partition coefficient (Wildman–Crippen LogP) is 2.21. The Morgan fingerprint density at radius 2 is 2.17 bits per heavy atom. The molecule has 1 aromatic carbocycles. The third kappa shape index (κ3) is 4.46. The second-order valence-corrected chi connectivity index (χ2v) is 4.92. The molecule has 18 heavy (non-hydrogen) atoms. The van der Waals surface area contributed by atoms with E-state index in [1.807, 2.05) is 6.92 Å². The summed E-state index contributed by atoms with van der Waals surface area (Å²) >= 11 is 3.14. The van der Waals surface area contributed by atoms with Crippen LogP contribution in [0.15, 0.2) is 22.7 Å². The second-order valence-electron chi connectivity index (χ2n) is 4.06. The van der Waals surface area contributed by atoms with Gasteiger partial charge in [0.15, 0.2) is 0 Å². The maximum Gasteiger partial charge on any atom is 0.336 e. The summed E-state index contributed by atoms with van der Waals surface area (Å²) in [6.45, 7) is 1.83. The molecule has 0 aliphatic heterocycles. The Labute approximate surface area is 113 Å². The number of anilines is 1. The Hall–Kier alpha value is -1.40. The van der Waals surface area contributed by atoms with Crippen LogP contribution in [0.5, 0.6) is 0 Å². The normalized spacial score (nSPS) is 11.9. The van der Waals surface area contributed by atoms with Crippen LogP contribution < -0.4 is 11.1 Å². The first-order valence-corrected chi connectivity index (χ1v) is 6.27. The van der Waals surface area contributed by atoms with Crippen LogP contribution in [0.2, 0.25) is 0 Å². The van der Waals surface area contributed by atoms with Crippen LogP contribution in [0, 0.1) is 0 Å². The molecular formula is C12H15BrN2O3. The summed E-state index contributed by atoms with van der Waals surface area (Å²) in [4.78, 5) is 22.5. The van der Waals surface area contributed by atoms with Crippen molar-refractivity contribution >= 4 is 33.5 Å². The van der Waals surface area contributed by atoms with Gasteiger partial charge in [-0.25, -0.2) is 4.79 Å². The van der Waals surface area contributed by atoms with E-state index in [1.54, 1.807) is 12.1 Å². The Morgan fingerprint density at radius 1 is 1.50 bits per heavy atom. The molecular weight excluding hydrogens is 300 g/mol. The SMILES string of the molecule is CC(N)CCC(=O)Nc1ccc(Br)c(C(=O)O)c1. The van der Waals surface area contributed by atoms with Gasteiger partial charge in [-0.15, -0.1) is 0 Å². The van der Waals surface area contributed by atoms with Crippen LogP contribution >= 0.6 is 15.9 Å². The molecule has 0 aliphatic rings. The average molecular weight is 315 g/mol. The van der Waals surface area contributed by atoms with Gasteiger partial charge in [0.1, 0.15) is 0 Å². The van der Waals surface area contributed by atoms with E-state index in [1.165, 1.54) is 6.07 Å². The number of carboxylic acids is 1. The smallest absolute Gasteiger partial charge is 0.336 e. The highest BCUT2D eigenvalue weighted by Crippen LogP contribution is 2.21. The molecule has 1 unspecified atom stereocenters. The molecule has 0 fully saturated rings.